The van der Waals surface area contributed by atoms with Gasteiger partial charge in [-0.05, 0) is 0 Å². The van der Waals surface area contributed by atoms with E-state index in [0.717, 1.165) is 0 Å². The van der Waals surface area contributed by atoms with Crippen LogP contribution in [-0.2, 0) is 51.9 Å². The van der Waals surface area contributed by atoms with E-state index in [0.29, 0.717) is 0 Å². The zero-order valence-electron chi connectivity index (χ0n) is 15.4. The fourth-order valence-electron chi connectivity index (χ4n) is 1.20. The molecule has 0 atom stereocenters. The summed E-state index contributed by atoms with van der Waals surface area (Å²) in [6.07, 6.45) is 0. The maximum Gasteiger partial charge on any atom is 0.649 e. The molecular formula is C8H24O12Si5. The molecule has 0 aliphatic carbocycles. The molecule has 0 N–H and O–H groups in total. The van der Waals surface area contributed by atoms with Gasteiger partial charge in [-0.15, -0.1) is 0 Å². The van der Waals surface area contributed by atoms with Crippen molar-refractivity contribution < 1.29 is 51.9 Å². The molecule has 17 heteroatoms. The summed E-state index contributed by atoms with van der Waals surface area (Å²) in [5.41, 5.74) is 0. The molecule has 0 aromatic rings. The Morgan fingerprint density at radius 1 is 0.360 bits per heavy atom. The molecule has 0 aliphatic heterocycles. The van der Waals surface area contributed by atoms with Crippen LogP contribution in [0.5, 0.6) is 0 Å². The van der Waals surface area contributed by atoms with Crippen molar-refractivity contribution in [3.63, 3.8) is 0 Å². The summed E-state index contributed by atoms with van der Waals surface area (Å²) in [6.45, 7) is 0. The van der Waals surface area contributed by atoms with E-state index >= 15 is 0 Å². The van der Waals surface area contributed by atoms with Crippen molar-refractivity contribution in [1.82, 2.24) is 0 Å². The van der Waals surface area contributed by atoms with Crippen LogP contribution in [-0.4, -0.2) is 104 Å². The molecule has 0 spiro atoms. The van der Waals surface area contributed by atoms with Crippen LogP contribution in [0, 0.1) is 0 Å². The molecule has 0 heterocycles. The summed E-state index contributed by atoms with van der Waals surface area (Å²) in [7, 11) is -1.80. The molecule has 4 radical (unpaired) electrons. The second kappa shape index (κ2) is 14.6. The minimum atomic E-state index is -4.03. The van der Waals surface area contributed by atoms with Crippen molar-refractivity contribution in [3.05, 3.63) is 0 Å². The Labute approximate surface area is 156 Å². The van der Waals surface area contributed by atoms with E-state index in [4.69, 9.17) is 51.9 Å². The second-order valence-electron chi connectivity index (χ2n) is 3.54. The third-order valence-electron chi connectivity index (χ3n) is 2.17. The van der Waals surface area contributed by atoms with Crippen LogP contribution in [0.15, 0.2) is 0 Å². The van der Waals surface area contributed by atoms with Crippen LogP contribution in [0.2, 0.25) is 0 Å². The molecule has 0 unspecified atom stereocenters. The van der Waals surface area contributed by atoms with Crippen LogP contribution in [0.1, 0.15) is 0 Å². The van der Waals surface area contributed by atoms with E-state index in [1.165, 1.54) is 56.9 Å². The Bertz CT molecular complexity index is 252. The van der Waals surface area contributed by atoms with Crippen molar-refractivity contribution in [2.45, 2.75) is 0 Å². The average Bonchev–Trinajstić information content (AvgIpc) is 2.66. The molecule has 12 nitrogen and oxygen atoms in total. The van der Waals surface area contributed by atoms with Crippen molar-refractivity contribution in [2.24, 2.45) is 0 Å². The lowest BCUT2D eigenvalue weighted by atomic mass is 11.8. The van der Waals surface area contributed by atoms with Gasteiger partial charge < -0.3 is 51.9 Å². The van der Waals surface area contributed by atoms with Crippen LogP contribution >= 0.6 is 0 Å². The summed E-state index contributed by atoms with van der Waals surface area (Å²) in [4.78, 5) is 0. The van der Waals surface area contributed by atoms with Crippen molar-refractivity contribution in [1.29, 1.82) is 0 Å². The van der Waals surface area contributed by atoms with Gasteiger partial charge in [0.05, 0.1) is 0 Å². The average molecular weight is 453 g/mol. The quantitative estimate of drug-likeness (QED) is 0.257. The van der Waals surface area contributed by atoms with Gasteiger partial charge in [-0.1, -0.05) is 0 Å². The first kappa shape index (κ1) is 25.6. The van der Waals surface area contributed by atoms with Gasteiger partial charge in [0.1, 0.15) is 0 Å². The molecule has 0 rings (SSSR count). The molecule has 0 aliphatic rings. The van der Waals surface area contributed by atoms with Crippen LogP contribution in [0.4, 0.5) is 0 Å². The largest absolute Gasteiger partial charge is 0.649 e. The highest BCUT2D eigenvalue weighted by atomic mass is 28.5. The van der Waals surface area contributed by atoms with E-state index in [1.807, 2.05) is 0 Å². The minimum absolute atomic E-state index is 1.41. The lowest BCUT2D eigenvalue weighted by Gasteiger charge is -2.32. The molecule has 0 fully saturated rings. The molecule has 25 heavy (non-hydrogen) atoms. The number of hydrogen-bond donors (Lipinski definition) is 0. The maximum atomic E-state index is 5.77. The van der Waals surface area contributed by atoms with Crippen LogP contribution in [0.25, 0.3) is 0 Å². The summed E-state index contributed by atoms with van der Waals surface area (Å²) in [5.74, 6) is 0. The third kappa shape index (κ3) is 9.38. The Hall–Kier alpha value is 0.604. The van der Waals surface area contributed by atoms with E-state index in [1.54, 1.807) is 0 Å². The summed E-state index contributed by atoms with van der Waals surface area (Å²) in [6, 6.07) is 0. The van der Waals surface area contributed by atoms with Crippen LogP contribution in [0.3, 0.4) is 0 Å². The van der Waals surface area contributed by atoms with Crippen molar-refractivity contribution >= 4 is 47.2 Å². The summed E-state index contributed by atoms with van der Waals surface area (Å²) < 4.78 is 64.2. The third-order valence-corrected chi connectivity index (χ3v) is 11.5. The molecule has 0 aromatic heterocycles. The first-order valence-electron chi connectivity index (χ1n) is 6.53. The predicted molar refractivity (Wildman–Crippen MR) is 89.2 cm³/mol. The first-order chi connectivity index (χ1) is 12.0. The van der Waals surface area contributed by atoms with E-state index in [2.05, 4.69) is 0 Å². The number of rotatable bonds is 16. The summed E-state index contributed by atoms with van der Waals surface area (Å²) in [5, 5.41) is 0. The van der Waals surface area contributed by atoms with Gasteiger partial charge >= 0.3 is 47.2 Å². The molecule has 148 valence electrons. The Morgan fingerprint density at radius 2 is 0.520 bits per heavy atom. The van der Waals surface area contributed by atoms with Crippen LogP contribution < -0.4 is 0 Å². The molecule has 0 aromatic carbocycles. The monoisotopic (exact) mass is 452 g/mol. The van der Waals surface area contributed by atoms with E-state index in [9.17, 15) is 0 Å². The zero-order valence-corrected chi connectivity index (χ0v) is 20.4. The Kier molecular flexibility index (Phi) is 15.0. The lowest BCUT2D eigenvalue weighted by Crippen LogP contribution is -2.62. The fraction of sp³-hybridized carbons (Fsp3) is 1.00. The van der Waals surface area contributed by atoms with Gasteiger partial charge in [-0.3, -0.25) is 0 Å². The molecular weight excluding hydrogens is 429 g/mol. The van der Waals surface area contributed by atoms with Crippen molar-refractivity contribution in [2.75, 3.05) is 56.9 Å². The highest BCUT2D eigenvalue weighted by molar-refractivity contribution is 6.75. The van der Waals surface area contributed by atoms with E-state index < -0.39 is 47.2 Å². The van der Waals surface area contributed by atoms with Gasteiger partial charge in [0.25, 0.3) is 0 Å². The minimum Gasteiger partial charge on any atom is -0.375 e. The topological polar surface area (TPSA) is 111 Å². The normalized spacial score (nSPS) is 13.0. The van der Waals surface area contributed by atoms with Gasteiger partial charge in [-0.25, -0.2) is 0 Å². The van der Waals surface area contributed by atoms with Gasteiger partial charge in [-0.2, -0.15) is 0 Å². The van der Waals surface area contributed by atoms with E-state index in [-0.39, 0.29) is 0 Å². The Balaban J connectivity index is 5.69. The highest BCUT2D eigenvalue weighted by Crippen LogP contribution is 2.19. The maximum absolute atomic E-state index is 5.77. The summed E-state index contributed by atoms with van der Waals surface area (Å²) >= 11 is 0. The number of hydrogen-bond acceptors (Lipinski definition) is 12. The van der Waals surface area contributed by atoms with Gasteiger partial charge in [0.15, 0.2) is 0 Å². The second-order valence-corrected chi connectivity index (χ2v) is 13.1. The zero-order chi connectivity index (χ0) is 19.3. The van der Waals surface area contributed by atoms with Gasteiger partial charge in [0, 0.05) is 56.9 Å². The molecule has 0 bridgehead atoms. The smallest absolute Gasteiger partial charge is 0.375 e. The SMILES string of the molecule is CO[Si](OC)O[Si](O[Si](OC)OC)(O[Si](OC)OC)O[Si](OC)OC. The molecule has 0 saturated heterocycles. The lowest BCUT2D eigenvalue weighted by molar-refractivity contribution is 0.0340. The Morgan fingerprint density at radius 3 is 0.640 bits per heavy atom. The van der Waals surface area contributed by atoms with Crippen molar-refractivity contribution in [3.8, 4) is 0 Å². The highest BCUT2D eigenvalue weighted by Gasteiger charge is 2.58. The molecule has 0 saturated carbocycles. The standard InChI is InChI=1S/C8H24O12Si5/c1-9-21(10-2)17-25(18-22(11-3)12-4,19-23(13-5)14-6)20-24(15-7)16-8/h1-8H3. The van der Waals surface area contributed by atoms with Gasteiger partial charge in [0.2, 0.25) is 0 Å². The molecule has 0 amide bonds. The predicted octanol–water partition coefficient (Wildman–Crippen LogP) is -1.40. The fourth-order valence-corrected chi connectivity index (χ4v) is 11.0. The first-order valence-corrected chi connectivity index (χ1v) is 13.1.